The summed E-state index contributed by atoms with van der Waals surface area (Å²) in [5.74, 6) is -0.446. The lowest BCUT2D eigenvalue weighted by atomic mass is 10.1. The van der Waals surface area contributed by atoms with Crippen molar-refractivity contribution in [2.75, 3.05) is 0 Å². The summed E-state index contributed by atoms with van der Waals surface area (Å²) in [7, 11) is 0. The van der Waals surface area contributed by atoms with Crippen molar-refractivity contribution >= 4 is 57.4 Å². The molecule has 0 saturated carbocycles. The lowest BCUT2D eigenvalue weighted by Gasteiger charge is -2.14. The average Bonchev–Trinajstić information content (AvgIpc) is 3.02. The fourth-order valence-electron chi connectivity index (χ4n) is 2.51. The van der Waals surface area contributed by atoms with E-state index >= 15 is 0 Å². The molecule has 2 aromatic heterocycles. The van der Waals surface area contributed by atoms with Crippen molar-refractivity contribution in [1.82, 2.24) is 14.9 Å². The molecule has 3 rings (SSSR count). The third kappa shape index (κ3) is 3.31. The van der Waals surface area contributed by atoms with Crippen LogP contribution in [-0.4, -0.2) is 26.7 Å². The highest BCUT2D eigenvalue weighted by Gasteiger charge is 2.19. The van der Waals surface area contributed by atoms with Gasteiger partial charge in [0, 0.05) is 28.9 Å². The van der Waals surface area contributed by atoms with Crippen molar-refractivity contribution in [1.29, 1.82) is 0 Å². The number of aromatic nitrogens is 2. The van der Waals surface area contributed by atoms with Gasteiger partial charge in [0.1, 0.15) is 5.69 Å². The Kier molecular flexibility index (Phi) is 4.99. The lowest BCUT2D eigenvalue weighted by Crippen LogP contribution is -2.28. The van der Waals surface area contributed by atoms with Crippen LogP contribution in [0.2, 0.25) is 10.0 Å². The molecule has 0 aliphatic heterocycles. The molecule has 1 amide bonds. The summed E-state index contributed by atoms with van der Waals surface area (Å²) >= 11 is 13.7. The first kappa shape index (κ1) is 18.4. The molecule has 0 fully saturated rings. The SMILES string of the molecule is Cc1nc(C(=O)NCc2c(Cl)c(Cl)cc3ccc(=O)n(C(=O)O)c23)cs1. The monoisotopic (exact) mass is 411 g/mol. The quantitative estimate of drug-likeness (QED) is 0.686. The number of halogens is 2. The Morgan fingerprint density at radius 2 is 2.08 bits per heavy atom. The van der Waals surface area contributed by atoms with E-state index in [4.69, 9.17) is 23.2 Å². The summed E-state index contributed by atoms with van der Waals surface area (Å²) in [6.07, 6.45) is -1.46. The van der Waals surface area contributed by atoms with Crippen LogP contribution in [0.4, 0.5) is 4.79 Å². The molecular weight excluding hydrogens is 401 g/mol. The molecule has 0 spiro atoms. The number of hydrogen-bond donors (Lipinski definition) is 2. The van der Waals surface area contributed by atoms with Crippen LogP contribution in [0.25, 0.3) is 10.9 Å². The van der Waals surface area contributed by atoms with Crippen molar-refractivity contribution < 1.29 is 14.7 Å². The molecule has 10 heteroatoms. The number of pyridine rings is 1. The summed E-state index contributed by atoms with van der Waals surface area (Å²) in [6, 6.07) is 4.04. The van der Waals surface area contributed by atoms with Crippen LogP contribution in [0, 0.1) is 6.92 Å². The number of benzene rings is 1. The predicted octanol–water partition coefficient (Wildman–Crippen LogP) is 3.53. The third-order valence-electron chi connectivity index (χ3n) is 3.63. The van der Waals surface area contributed by atoms with Gasteiger partial charge in [-0.1, -0.05) is 23.2 Å². The molecule has 0 radical (unpaired) electrons. The summed E-state index contributed by atoms with van der Waals surface area (Å²) in [6.45, 7) is 1.65. The van der Waals surface area contributed by atoms with E-state index in [0.29, 0.717) is 9.95 Å². The summed E-state index contributed by atoms with van der Waals surface area (Å²) in [5.41, 5.74) is -0.180. The van der Waals surface area contributed by atoms with Crippen molar-refractivity contribution in [3.63, 3.8) is 0 Å². The third-order valence-corrected chi connectivity index (χ3v) is 5.23. The van der Waals surface area contributed by atoms with Crippen LogP contribution >= 0.6 is 34.5 Å². The molecule has 3 aromatic rings. The van der Waals surface area contributed by atoms with Gasteiger partial charge in [-0.15, -0.1) is 11.3 Å². The molecule has 7 nitrogen and oxygen atoms in total. The molecule has 0 aliphatic rings. The van der Waals surface area contributed by atoms with Crippen LogP contribution < -0.4 is 10.9 Å². The minimum absolute atomic E-state index is 0.0644. The average molecular weight is 412 g/mol. The van der Waals surface area contributed by atoms with Crippen LogP contribution in [0.5, 0.6) is 0 Å². The Balaban J connectivity index is 2.10. The molecule has 134 valence electrons. The largest absolute Gasteiger partial charge is 0.464 e. The van der Waals surface area contributed by atoms with Crippen molar-refractivity contribution in [2.24, 2.45) is 0 Å². The van der Waals surface area contributed by atoms with E-state index in [2.05, 4.69) is 10.3 Å². The van der Waals surface area contributed by atoms with Crippen molar-refractivity contribution in [3.8, 4) is 0 Å². The number of hydrogen-bond acceptors (Lipinski definition) is 5. The normalized spacial score (nSPS) is 10.9. The van der Waals surface area contributed by atoms with Crippen LogP contribution in [0.3, 0.4) is 0 Å². The van der Waals surface area contributed by atoms with Gasteiger partial charge in [0.15, 0.2) is 0 Å². The second-order valence-corrected chi connectivity index (χ2v) is 7.16. The Bertz CT molecular complexity index is 1110. The van der Waals surface area contributed by atoms with Gasteiger partial charge in [0.25, 0.3) is 11.5 Å². The van der Waals surface area contributed by atoms with E-state index in [1.54, 1.807) is 12.3 Å². The predicted molar refractivity (Wildman–Crippen MR) is 99.7 cm³/mol. The molecule has 2 N–H and O–H groups in total. The number of carbonyl (C=O) groups excluding carboxylic acids is 1. The second kappa shape index (κ2) is 7.06. The van der Waals surface area contributed by atoms with Crippen molar-refractivity contribution in [2.45, 2.75) is 13.5 Å². The fraction of sp³-hybridized carbons (Fsp3) is 0.125. The molecular formula is C16H11Cl2N3O4S. The first-order chi connectivity index (χ1) is 12.3. The maximum atomic E-state index is 12.2. The zero-order valence-corrected chi connectivity index (χ0v) is 15.6. The zero-order chi connectivity index (χ0) is 19.0. The van der Waals surface area contributed by atoms with E-state index < -0.39 is 17.6 Å². The second-order valence-electron chi connectivity index (χ2n) is 5.31. The maximum absolute atomic E-state index is 12.2. The molecule has 0 bridgehead atoms. The summed E-state index contributed by atoms with van der Waals surface area (Å²) in [5, 5.41) is 15.0. The fourth-order valence-corrected chi connectivity index (χ4v) is 3.54. The van der Waals surface area contributed by atoms with Gasteiger partial charge in [-0.25, -0.2) is 14.3 Å². The van der Waals surface area contributed by atoms with Gasteiger partial charge in [-0.05, 0) is 19.1 Å². The Morgan fingerprint density at radius 3 is 2.69 bits per heavy atom. The number of thiazole rings is 1. The zero-order valence-electron chi connectivity index (χ0n) is 13.2. The topological polar surface area (TPSA) is 101 Å². The molecule has 0 unspecified atom stereocenters. The lowest BCUT2D eigenvalue weighted by molar-refractivity contribution is 0.0946. The Labute approximate surface area is 160 Å². The highest BCUT2D eigenvalue weighted by atomic mass is 35.5. The van der Waals surface area contributed by atoms with Gasteiger partial charge in [0.05, 0.1) is 20.6 Å². The number of carbonyl (C=O) groups is 2. The maximum Gasteiger partial charge on any atom is 0.419 e. The highest BCUT2D eigenvalue weighted by Crippen LogP contribution is 2.32. The number of fused-ring (bicyclic) bond motifs is 1. The summed E-state index contributed by atoms with van der Waals surface area (Å²) in [4.78, 5) is 39.8. The van der Waals surface area contributed by atoms with Crippen LogP contribution in [0.1, 0.15) is 21.1 Å². The first-order valence-electron chi connectivity index (χ1n) is 7.26. The molecule has 0 saturated heterocycles. The Morgan fingerprint density at radius 1 is 1.35 bits per heavy atom. The number of carboxylic acid groups (broad SMARTS) is 1. The smallest absolute Gasteiger partial charge is 0.419 e. The van der Waals surface area contributed by atoms with Gasteiger partial charge in [-0.3, -0.25) is 9.59 Å². The number of nitrogens with zero attached hydrogens (tertiary/aromatic N) is 2. The molecule has 0 atom stereocenters. The van der Waals surface area contributed by atoms with E-state index in [0.717, 1.165) is 11.1 Å². The van der Waals surface area contributed by atoms with Crippen LogP contribution in [-0.2, 0) is 6.54 Å². The Hall–Kier alpha value is -2.42. The molecule has 1 aromatic carbocycles. The highest BCUT2D eigenvalue weighted by molar-refractivity contribution is 7.09. The van der Waals surface area contributed by atoms with Gasteiger partial charge in [0.2, 0.25) is 0 Å². The standard InChI is InChI=1S/C16H11Cl2N3O4S/c1-7-20-11(6-26-7)15(23)19-5-9-13(18)10(17)4-8-2-3-12(22)21(14(8)9)16(24)25/h2-4,6H,5H2,1H3,(H,19,23)(H,24,25). The number of aryl methyl sites for hydroxylation is 1. The van der Waals surface area contributed by atoms with Crippen molar-refractivity contribution in [3.05, 3.63) is 60.2 Å². The van der Waals surface area contributed by atoms with E-state index in [-0.39, 0.29) is 33.4 Å². The molecule has 26 heavy (non-hydrogen) atoms. The van der Waals surface area contributed by atoms with E-state index in [9.17, 15) is 19.5 Å². The van der Waals surface area contributed by atoms with Crippen LogP contribution in [0.15, 0.2) is 28.4 Å². The van der Waals surface area contributed by atoms with Gasteiger partial charge < -0.3 is 10.4 Å². The van der Waals surface area contributed by atoms with Gasteiger partial charge in [-0.2, -0.15) is 0 Å². The minimum atomic E-state index is -1.46. The molecule has 0 aliphatic carbocycles. The molecule has 2 heterocycles. The minimum Gasteiger partial charge on any atom is -0.464 e. The number of amides is 1. The first-order valence-corrected chi connectivity index (χ1v) is 8.89. The summed E-state index contributed by atoms with van der Waals surface area (Å²) < 4.78 is 0.575. The van der Waals surface area contributed by atoms with E-state index in [1.165, 1.54) is 23.5 Å². The van der Waals surface area contributed by atoms with Gasteiger partial charge >= 0.3 is 6.09 Å². The number of nitrogens with one attached hydrogen (secondary N) is 1. The van der Waals surface area contributed by atoms with E-state index in [1.807, 2.05) is 0 Å². The number of rotatable bonds is 3.